The van der Waals surface area contributed by atoms with Gasteiger partial charge in [-0.05, 0) is 18.9 Å². The maximum atomic E-state index is 12.5. The third-order valence-corrected chi connectivity index (χ3v) is 5.81. The highest BCUT2D eigenvalue weighted by Gasteiger charge is 2.35. The number of nitrogens with one attached hydrogen (secondary N) is 1. The van der Waals surface area contributed by atoms with E-state index in [-0.39, 0.29) is 5.91 Å². The zero-order valence-corrected chi connectivity index (χ0v) is 14.7. The summed E-state index contributed by atoms with van der Waals surface area (Å²) >= 11 is 18.4. The van der Waals surface area contributed by atoms with Crippen molar-refractivity contribution in [3.63, 3.8) is 0 Å². The molecule has 7 heteroatoms. The fourth-order valence-corrected chi connectivity index (χ4v) is 4.44. The molecule has 1 amide bonds. The van der Waals surface area contributed by atoms with E-state index < -0.39 is 5.54 Å². The first-order valence-corrected chi connectivity index (χ1v) is 9.00. The summed E-state index contributed by atoms with van der Waals surface area (Å²) in [5, 5.41) is 3.03. The summed E-state index contributed by atoms with van der Waals surface area (Å²) in [7, 11) is 0. The Balaban J connectivity index is 2.20. The molecule has 1 aromatic heterocycles. The molecule has 3 N–H and O–H groups in total. The molecular weight excluding hydrogens is 347 g/mol. The van der Waals surface area contributed by atoms with Crippen LogP contribution in [-0.4, -0.2) is 16.4 Å². The predicted octanol–water partition coefficient (Wildman–Crippen LogP) is 4.55. The van der Waals surface area contributed by atoms with E-state index in [0.29, 0.717) is 19.2 Å². The van der Waals surface area contributed by atoms with Gasteiger partial charge in [-0.3, -0.25) is 4.79 Å². The molecule has 1 heterocycles. The number of amides is 1. The monoisotopic (exact) mass is 364 g/mol. The van der Waals surface area contributed by atoms with Crippen molar-refractivity contribution >= 4 is 57.7 Å². The highest BCUT2D eigenvalue weighted by atomic mass is 35.5. The molecule has 0 saturated heterocycles. The van der Waals surface area contributed by atoms with Gasteiger partial charge in [0.05, 0.1) is 20.4 Å². The SMILES string of the molecule is NC(=S)C1(NC(=O)c2cc(Cl)sc2Cl)CCCCCCC1. The summed E-state index contributed by atoms with van der Waals surface area (Å²) in [6.07, 6.45) is 7.10. The van der Waals surface area contributed by atoms with Gasteiger partial charge >= 0.3 is 0 Å². The first-order chi connectivity index (χ1) is 9.94. The molecule has 1 saturated carbocycles. The van der Waals surface area contributed by atoms with Crippen LogP contribution in [0.5, 0.6) is 0 Å². The van der Waals surface area contributed by atoms with Gasteiger partial charge in [0.25, 0.3) is 5.91 Å². The van der Waals surface area contributed by atoms with Crippen LogP contribution < -0.4 is 11.1 Å². The Labute approximate surface area is 144 Å². The third-order valence-electron chi connectivity index (χ3n) is 3.93. The molecule has 0 spiro atoms. The lowest BCUT2D eigenvalue weighted by atomic mass is 9.83. The van der Waals surface area contributed by atoms with E-state index in [1.54, 1.807) is 6.07 Å². The maximum absolute atomic E-state index is 12.5. The molecule has 0 bridgehead atoms. The van der Waals surface area contributed by atoms with Crippen LogP contribution in [-0.2, 0) is 0 Å². The third kappa shape index (κ3) is 4.09. The summed E-state index contributed by atoms with van der Waals surface area (Å²) in [6.45, 7) is 0. The summed E-state index contributed by atoms with van der Waals surface area (Å²) in [5.74, 6) is -0.253. The lowest BCUT2D eigenvalue weighted by Crippen LogP contribution is -2.57. The van der Waals surface area contributed by atoms with Crippen LogP contribution in [0.15, 0.2) is 6.07 Å². The van der Waals surface area contributed by atoms with Crippen LogP contribution in [0.2, 0.25) is 8.67 Å². The fourth-order valence-electron chi connectivity index (χ4n) is 2.72. The molecule has 1 fully saturated rings. The molecule has 0 atom stereocenters. The molecule has 1 aromatic rings. The highest BCUT2D eigenvalue weighted by Crippen LogP contribution is 2.33. The largest absolute Gasteiger partial charge is 0.391 e. The molecule has 0 aromatic carbocycles. The van der Waals surface area contributed by atoms with Gasteiger partial charge < -0.3 is 11.1 Å². The first kappa shape index (κ1) is 17.0. The van der Waals surface area contributed by atoms with Crippen molar-refractivity contribution in [3.8, 4) is 0 Å². The summed E-state index contributed by atoms with van der Waals surface area (Å²) in [6, 6.07) is 1.58. The van der Waals surface area contributed by atoms with E-state index in [0.717, 1.165) is 38.5 Å². The van der Waals surface area contributed by atoms with Crippen molar-refractivity contribution in [2.45, 2.75) is 50.5 Å². The summed E-state index contributed by atoms with van der Waals surface area (Å²) < 4.78 is 0.883. The normalized spacial score (nSPS) is 18.6. The lowest BCUT2D eigenvalue weighted by molar-refractivity contribution is 0.0913. The number of hydrogen-bond acceptors (Lipinski definition) is 3. The number of rotatable bonds is 3. The number of hydrogen-bond donors (Lipinski definition) is 2. The minimum absolute atomic E-state index is 0.253. The number of thiocarbonyl (C=S) groups is 1. The van der Waals surface area contributed by atoms with Crippen molar-refractivity contribution in [3.05, 3.63) is 20.3 Å². The molecule has 0 aliphatic heterocycles. The lowest BCUT2D eigenvalue weighted by Gasteiger charge is -2.35. The second-order valence-electron chi connectivity index (χ2n) is 5.41. The van der Waals surface area contributed by atoms with E-state index in [9.17, 15) is 4.79 Å². The van der Waals surface area contributed by atoms with Crippen molar-refractivity contribution < 1.29 is 4.79 Å². The molecule has 3 nitrogen and oxygen atoms in total. The van der Waals surface area contributed by atoms with E-state index >= 15 is 0 Å². The van der Waals surface area contributed by atoms with Crippen LogP contribution >= 0.6 is 46.8 Å². The Morgan fingerprint density at radius 2 is 1.81 bits per heavy atom. The standard InChI is InChI=1S/C14H18Cl2N2OS2/c15-10-8-9(11(16)21-10)12(19)18-14(13(17)20)6-4-2-1-3-5-7-14/h8H,1-7H2,(H2,17,20)(H,18,19). The number of thiophene rings is 1. The van der Waals surface area contributed by atoms with Crippen molar-refractivity contribution in [1.29, 1.82) is 0 Å². The molecule has 2 rings (SSSR count). The minimum atomic E-state index is -0.607. The molecule has 21 heavy (non-hydrogen) atoms. The zero-order valence-electron chi connectivity index (χ0n) is 11.6. The fraction of sp³-hybridized carbons (Fsp3) is 0.571. The van der Waals surface area contributed by atoms with Crippen molar-refractivity contribution in [2.75, 3.05) is 0 Å². The van der Waals surface area contributed by atoms with E-state index in [4.69, 9.17) is 41.2 Å². The van der Waals surface area contributed by atoms with Gasteiger partial charge in [-0.1, -0.05) is 67.5 Å². The second kappa shape index (κ2) is 7.27. The predicted molar refractivity (Wildman–Crippen MR) is 93.6 cm³/mol. The Kier molecular flexibility index (Phi) is 5.88. The van der Waals surface area contributed by atoms with E-state index in [1.165, 1.54) is 17.8 Å². The summed E-state index contributed by atoms with van der Waals surface area (Å²) in [4.78, 5) is 12.8. The van der Waals surface area contributed by atoms with Gasteiger partial charge in [-0.2, -0.15) is 0 Å². The number of carbonyl (C=O) groups excluding carboxylic acids is 1. The first-order valence-electron chi connectivity index (χ1n) is 7.02. The van der Waals surface area contributed by atoms with Gasteiger partial charge in [0.1, 0.15) is 4.34 Å². The molecular formula is C14H18Cl2N2OS2. The van der Waals surface area contributed by atoms with Crippen LogP contribution in [0.3, 0.4) is 0 Å². The molecule has 0 radical (unpaired) electrons. The van der Waals surface area contributed by atoms with Crippen LogP contribution in [0.1, 0.15) is 55.3 Å². The summed E-state index contributed by atoms with van der Waals surface area (Å²) in [5.41, 5.74) is 5.74. The molecule has 1 aliphatic rings. The van der Waals surface area contributed by atoms with Crippen LogP contribution in [0.4, 0.5) is 0 Å². The molecule has 116 valence electrons. The number of nitrogens with two attached hydrogens (primary N) is 1. The smallest absolute Gasteiger partial charge is 0.254 e. The van der Waals surface area contributed by atoms with Gasteiger partial charge in [-0.25, -0.2) is 0 Å². The van der Waals surface area contributed by atoms with Gasteiger partial charge in [0.2, 0.25) is 0 Å². The van der Waals surface area contributed by atoms with Gasteiger partial charge in [-0.15, -0.1) is 11.3 Å². The second-order valence-corrected chi connectivity index (χ2v) is 8.13. The van der Waals surface area contributed by atoms with E-state index in [1.807, 2.05) is 0 Å². The molecule has 1 aliphatic carbocycles. The highest BCUT2D eigenvalue weighted by molar-refractivity contribution is 7.80. The maximum Gasteiger partial charge on any atom is 0.254 e. The zero-order chi connectivity index (χ0) is 15.5. The number of halogens is 2. The quantitative estimate of drug-likeness (QED) is 0.773. The van der Waals surface area contributed by atoms with Crippen LogP contribution in [0, 0.1) is 0 Å². The van der Waals surface area contributed by atoms with Gasteiger partial charge in [0.15, 0.2) is 0 Å². The number of carbonyl (C=O) groups is 1. The Bertz CT molecular complexity index is 537. The minimum Gasteiger partial charge on any atom is -0.391 e. The van der Waals surface area contributed by atoms with Gasteiger partial charge in [0, 0.05) is 0 Å². The van der Waals surface area contributed by atoms with E-state index in [2.05, 4.69) is 5.32 Å². The average Bonchev–Trinajstić information content (AvgIpc) is 2.71. The molecule has 0 unspecified atom stereocenters. The average molecular weight is 365 g/mol. The Hall–Kier alpha value is -0.360. The topological polar surface area (TPSA) is 55.1 Å². The Morgan fingerprint density at radius 3 is 2.29 bits per heavy atom. The Morgan fingerprint density at radius 1 is 1.24 bits per heavy atom. The van der Waals surface area contributed by atoms with Crippen molar-refractivity contribution in [2.24, 2.45) is 5.73 Å². The van der Waals surface area contributed by atoms with Crippen molar-refractivity contribution in [1.82, 2.24) is 5.32 Å². The van der Waals surface area contributed by atoms with Crippen LogP contribution in [0.25, 0.3) is 0 Å².